The Hall–Kier alpha value is -0.980. The molecule has 5 heteroatoms. The molecule has 7 atom stereocenters. The Bertz CT molecular complexity index is 593. The molecule has 1 unspecified atom stereocenters. The van der Waals surface area contributed by atoms with Crippen molar-refractivity contribution in [2.75, 3.05) is 20.3 Å². The monoisotopic (exact) mass is 332 g/mol. The lowest BCUT2D eigenvalue weighted by Crippen LogP contribution is -2.65. The Balaban J connectivity index is 1.45. The molecule has 1 aliphatic carbocycles. The van der Waals surface area contributed by atoms with E-state index in [0.717, 1.165) is 18.6 Å². The predicted molar refractivity (Wildman–Crippen MR) is 85.2 cm³/mol. The molecule has 0 aromatic heterocycles. The first kappa shape index (κ1) is 15.3. The second-order valence-electron chi connectivity index (χ2n) is 7.39. The minimum Gasteiger partial charge on any atom is -0.371 e. The molecular formula is C19H24O5. The number of benzene rings is 1. The molecule has 3 heterocycles. The molecule has 4 fully saturated rings. The van der Waals surface area contributed by atoms with E-state index in [2.05, 4.69) is 0 Å². The molecule has 1 saturated carbocycles. The average Bonchev–Trinajstić information content (AvgIpc) is 2.85. The van der Waals surface area contributed by atoms with Crippen LogP contribution in [0.3, 0.4) is 0 Å². The summed E-state index contributed by atoms with van der Waals surface area (Å²) in [5, 5.41) is 0. The summed E-state index contributed by atoms with van der Waals surface area (Å²) < 4.78 is 30.4. The Kier molecular flexibility index (Phi) is 3.68. The highest BCUT2D eigenvalue weighted by Crippen LogP contribution is 2.57. The fraction of sp³-hybridized carbons (Fsp3) is 0.684. The molecule has 0 N–H and O–H groups in total. The van der Waals surface area contributed by atoms with Gasteiger partial charge in [-0.25, -0.2) is 0 Å². The normalized spacial score (nSPS) is 47.0. The van der Waals surface area contributed by atoms with Crippen molar-refractivity contribution in [3.05, 3.63) is 35.9 Å². The van der Waals surface area contributed by atoms with E-state index in [1.807, 2.05) is 30.3 Å². The third-order valence-electron chi connectivity index (χ3n) is 6.26. The van der Waals surface area contributed by atoms with E-state index >= 15 is 0 Å². The van der Waals surface area contributed by atoms with Crippen LogP contribution in [0.5, 0.6) is 0 Å². The Morgan fingerprint density at radius 1 is 1.08 bits per heavy atom. The fourth-order valence-electron chi connectivity index (χ4n) is 4.90. The number of ether oxygens (including phenoxy) is 5. The van der Waals surface area contributed by atoms with Crippen LogP contribution in [0.1, 0.15) is 31.1 Å². The number of hydrogen-bond acceptors (Lipinski definition) is 5. The van der Waals surface area contributed by atoms with Crippen LogP contribution in [-0.4, -0.2) is 44.4 Å². The number of fused-ring (bicyclic) bond motifs is 4. The summed E-state index contributed by atoms with van der Waals surface area (Å²) in [4.78, 5) is 0. The van der Waals surface area contributed by atoms with Crippen LogP contribution in [-0.2, 0) is 23.7 Å². The third kappa shape index (κ3) is 2.19. The SMILES string of the molecule is CO[C@@H]1C[C@@]2(OC[C@@H]3CC[C@@H]32)C2O[C@H](c3ccccc3)OC[C@H]2O1. The van der Waals surface area contributed by atoms with Gasteiger partial charge in [0.2, 0.25) is 0 Å². The maximum absolute atomic E-state index is 6.43. The second-order valence-corrected chi connectivity index (χ2v) is 7.39. The van der Waals surface area contributed by atoms with Crippen LogP contribution >= 0.6 is 0 Å². The van der Waals surface area contributed by atoms with E-state index in [-0.39, 0.29) is 30.4 Å². The molecule has 5 nitrogen and oxygen atoms in total. The van der Waals surface area contributed by atoms with Crippen molar-refractivity contribution >= 4 is 0 Å². The largest absolute Gasteiger partial charge is 0.371 e. The van der Waals surface area contributed by atoms with Gasteiger partial charge in [-0.1, -0.05) is 30.3 Å². The van der Waals surface area contributed by atoms with E-state index in [1.54, 1.807) is 7.11 Å². The zero-order chi connectivity index (χ0) is 16.1. The molecule has 1 aromatic rings. The van der Waals surface area contributed by atoms with Crippen LogP contribution in [0.15, 0.2) is 30.3 Å². The molecule has 1 spiro atoms. The van der Waals surface area contributed by atoms with Crippen molar-refractivity contribution in [3.63, 3.8) is 0 Å². The average molecular weight is 332 g/mol. The van der Waals surface area contributed by atoms with Crippen molar-refractivity contribution in [1.29, 1.82) is 0 Å². The third-order valence-corrected chi connectivity index (χ3v) is 6.26. The number of rotatable bonds is 2. The predicted octanol–water partition coefficient (Wildman–Crippen LogP) is 2.66. The molecule has 0 bridgehead atoms. The summed E-state index contributed by atoms with van der Waals surface area (Å²) in [6, 6.07) is 10.1. The Labute approximate surface area is 142 Å². The first-order valence-corrected chi connectivity index (χ1v) is 8.94. The lowest BCUT2D eigenvalue weighted by atomic mass is 9.63. The first-order valence-electron chi connectivity index (χ1n) is 8.94. The van der Waals surface area contributed by atoms with Gasteiger partial charge in [-0.05, 0) is 24.7 Å². The molecule has 3 saturated heterocycles. The Morgan fingerprint density at radius 2 is 1.96 bits per heavy atom. The minimum atomic E-state index is -0.352. The highest BCUT2D eigenvalue weighted by atomic mass is 16.7. The van der Waals surface area contributed by atoms with Crippen molar-refractivity contribution < 1.29 is 23.7 Å². The number of hydrogen-bond donors (Lipinski definition) is 0. The van der Waals surface area contributed by atoms with Gasteiger partial charge in [-0.15, -0.1) is 0 Å². The van der Waals surface area contributed by atoms with Gasteiger partial charge in [0.05, 0.1) is 13.2 Å². The van der Waals surface area contributed by atoms with Crippen LogP contribution in [0, 0.1) is 11.8 Å². The molecular weight excluding hydrogens is 308 g/mol. The molecule has 5 rings (SSSR count). The van der Waals surface area contributed by atoms with E-state index in [0.29, 0.717) is 18.4 Å². The molecule has 0 amide bonds. The summed E-state index contributed by atoms with van der Waals surface area (Å²) in [6.45, 7) is 1.34. The summed E-state index contributed by atoms with van der Waals surface area (Å²) in [5.74, 6) is 1.23. The highest BCUT2D eigenvalue weighted by Gasteiger charge is 2.64. The maximum atomic E-state index is 6.43. The van der Waals surface area contributed by atoms with Crippen LogP contribution in [0.4, 0.5) is 0 Å². The van der Waals surface area contributed by atoms with Gasteiger partial charge < -0.3 is 23.7 Å². The van der Waals surface area contributed by atoms with Crippen molar-refractivity contribution in [2.24, 2.45) is 11.8 Å². The zero-order valence-electron chi connectivity index (χ0n) is 13.9. The summed E-state index contributed by atoms with van der Waals surface area (Å²) >= 11 is 0. The minimum absolute atomic E-state index is 0.0989. The lowest BCUT2D eigenvalue weighted by Gasteiger charge is -2.54. The second kappa shape index (κ2) is 5.78. The summed E-state index contributed by atoms with van der Waals surface area (Å²) in [7, 11) is 1.70. The summed E-state index contributed by atoms with van der Waals surface area (Å²) in [5.41, 5.74) is 0.756. The van der Waals surface area contributed by atoms with E-state index in [1.165, 1.54) is 12.8 Å². The standard InChI is InChI=1S/C19H24O5/c1-20-16-9-19(14-8-7-13(14)10-22-19)17-15(23-16)11-21-18(24-17)12-5-3-2-4-6-12/h2-6,13-18H,7-11H2,1H3/t13-,14-,15+,16-,17?,18+,19-/m0/s1. The van der Waals surface area contributed by atoms with E-state index in [9.17, 15) is 0 Å². The fourth-order valence-corrected chi connectivity index (χ4v) is 4.90. The molecule has 0 radical (unpaired) electrons. The van der Waals surface area contributed by atoms with E-state index in [4.69, 9.17) is 23.7 Å². The smallest absolute Gasteiger partial charge is 0.184 e. The van der Waals surface area contributed by atoms with Gasteiger partial charge in [-0.3, -0.25) is 0 Å². The topological polar surface area (TPSA) is 46.2 Å². The maximum Gasteiger partial charge on any atom is 0.184 e. The first-order chi connectivity index (χ1) is 11.8. The van der Waals surface area contributed by atoms with Crippen LogP contribution in [0.2, 0.25) is 0 Å². The molecule has 130 valence electrons. The van der Waals surface area contributed by atoms with Crippen LogP contribution < -0.4 is 0 Å². The quantitative estimate of drug-likeness (QED) is 0.833. The highest BCUT2D eigenvalue weighted by molar-refractivity contribution is 5.18. The van der Waals surface area contributed by atoms with Crippen molar-refractivity contribution in [2.45, 2.75) is 49.7 Å². The van der Waals surface area contributed by atoms with Crippen molar-refractivity contribution in [3.8, 4) is 0 Å². The lowest BCUT2D eigenvalue weighted by molar-refractivity contribution is -0.363. The Morgan fingerprint density at radius 3 is 2.67 bits per heavy atom. The van der Waals surface area contributed by atoms with Gasteiger partial charge in [0.1, 0.15) is 17.8 Å². The molecule has 3 aliphatic heterocycles. The van der Waals surface area contributed by atoms with Crippen molar-refractivity contribution in [1.82, 2.24) is 0 Å². The molecule has 24 heavy (non-hydrogen) atoms. The van der Waals surface area contributed by atoms with Gasteiger partial charge in [0.25, 0.3) is 0 Å². The van der Waals surface area contributed by atoms with Gasteiger partial charge in [0, 0.05) is 19.1 Å². The van der Waals surface area contributed by atoms with Gasteiger partial charge >= 0.3 is 0 Å². The molecule has 1 aromatic carbocycles. The molecule has 4 aliphatic rings. The van der Waals surface area contributed by atoms with E-state index < -0.39 is 0 Å². The number of methoxy groups -OCH3 is 1. The van der Waals surface area contributed by atoms with Gasteiger partial charge in [-0.2, -0.15) is 0 Å². The summed E-state index contributed by atoms with van der Waals surface area (Å²) in [6.07, 6.45) is 2.39. The van der Waals surface area contributed by atoms with Crippen LogP contribution in [0.25, 0.3) is 0 Å². The van der Waals surface area contributed by atoms with Gasteiger partial charge in [0.15, 0.2) is 12.6 Å². The zero-order valence-corrected chi connectivity index (χ0v) is 13.9.